The number of esters is 1. The van der Waals surface area contributed by atoms with Gasteiger partial charge in [0.1, 0.15) is 5.25 Å². The molecule has 0 rings (SSSR count). The van der Waals surface area contributed by atoms with Gasteiger partial charge < -0.3 is 4.74 Å². The number of carbonyl (C=O) groups excluding carboxylic acids is 1. The lowest BCUT2D eigenvalue weighted by atomic mass is 10.1. The fraction of sp³-hybridized carbons (Fsp3) is 0.909. The molecule has 0 fully saturated rings. The van der Waals surface area contributed by atoms with Gasteiger partial charge in [0.2, 0.25) is 0 Å². The number of hydrogen-bond acceptors (Lipinski definition) is 3. The van der Waals surface area contributed by atoms with Gasteiger partial charge in [-0.25, -0.2) is 0 Å². The van der Waals surface area contributed by atoms with Crippen LogP contribution in [0.4, 0.5) is 13.2 Å². The average Bonchev–Trinajstić information content (AvgIpc) is 2.15. The van der Waals surface area contributed by atoms with Crippen molar-refractivity contribution in [3.8, 4) is 0 Å². The molecule has 0 N–H and O–H groups in total. The van der Waals surface area contributed by atoms with Crippen molar-refractivity contribution < 1.29 is 22.7 Å². The molecule has 0 spiro atoms. The van der Waals surface area contributed by atoms with Gasteiger partial charge in [0, 0.05) is 6.42 Å². The molecule has 0 saturated carbocycles. The largest absolute Gasteiger partial charge is 0.465 e. The molecule has 0 aliphatic carbocycles. The minimum atomic E-state index is -4.11. The summed E-state index contributed by atoms with van der Waals surface area (Å²) >= 11 is 1.24. The average molecular weight is 272 g/mol. The second-order valence-electron chi connectivity index (χ2n) is 4.01. The van der Waals surface area contributed by atoms with Crippen LogP contribution >= 0.6 is 11.8 Å². The van der Waals surface area contributed by atoms with Crippen LogP contribution in [0.25, 0.3) is 0 Å². The summed E-state index contributed by atoms with van der Waals surface area (Å²) < 4.78 is 40.6. The Bertz CT molecular complexity index is 229. The van der Waals surface area contributed by atoms with Crippen molar-refractivity contribution in [1.29, 1.82) is 0 Å². The van der Waals surface area contributed by atoms with Crippen LogP contribution < -0.4 is 0 Å². The highest BCUT2D eigenvalue weighted by molar-refractivity contribution is 8.00. The van der Waals surface area contributed by atoms with Crippen molar-refractivity contribution in [3.05, 3.63) is 0 Å². The van der Waals surface area contributed by atoms with Crippen molar-refractivity contribution in [3.63, 3.8) is 0 Å². The summed E-state index contributed by atoms with van der Waals surface area (Å²) in [7, 11) is 0. The van der Waals surface area contributed by atoms with E-state index in [0.717, 1.165) is 0 Å². The minimum absolute atomic E-state index is 0.0385. The summed E-state index contributed by atoms with van der Waals surface area (Å²) in [6.45, 7) is 5.73. The molecule has 0 aromatic carbocycles. The van der Waals surface area contributed by atoms with Crippen LogP contribution in [0.15, 0.2) is 0 Å². The van der Waals surface area contributed by atoms with Crippen LogP contribution in [-0.4, -0.2) is 29.8 Å². The quantitative estimate of drug-likeness (QED) is 0.522. The first-order valence-corrected chi connectivity index (χ1v) is 6.67. The van der Waals surface area contributed by atoms with E-state index in [0.29, 0.717) is 12.4 Å². The second kappa shape index (κ2) is 7.84. The van der Waals surface area contributed by atoms with Gasteiger partial charge in [0.05, 0.1) is 6.61 Å². The molecule has 0 aromatic rings. The summed E-state index contributed by atoms with van der Waals surface area (Å²) in [6.07, 6.45) is -4.87. The lowest BCUT2D eigenvalue weighted by Crippen LogP contribution is -2.26. The van der Waals surface area contributed by atoms with Gasteiger partial charge in [-0.2, -0.15) is 13.2 Å². The predicted octanol–water partition coefficient (Wildman–Crippen LogP) is 3.65. The number of hydrogen-bond donors (Lipinski definition) is 0. The van der Waals surface area contributed by atoms with E-state index >= 15 is 0 Å². The molecule has 0 heterocycles. The third kappa shape index (κ3) is 8.35. The molecular weight excluding hydrogens is 253 g/mol. The number of ether oxygens (including phenoxy) is 1. The molecule has 0 aliphatic heterocycles. The van der Waals surface area contributed by atoms with Crippen LogP contribution in [0, 0.1) is 5.92 Å². The summed E-state index contributed by atoms with van der Waals surface area (Å²) in [5, 5.41) is -0.372. The Balaban J connectivity index is 3.98. The van der Waals surface area contributed by atoms with E-state index in [1.165, 1.54) is 11.8 Å². The van der Waals surface area contributed by atoms with Crippen molar-refractivity contribution in [2.45, 2.75) is 45.0 Å². The van der Waals surface area contributed by atoms with E-state index in [1.54, 1.807) is 6.92 Å². The molecule has 0 amide bonds. The standard InChI is InChI=1S/C11H19F3O2S/c1-4-16-10(15)9(8(2)3)17-7-5-6-11(12,13)14/h8-9H,4-7H2,1-3H3. The van der Waals surface area contributed by atoms with Gasteiger partial charge in [-0.15, -0.1) is 11.8 Å². The van der Waals surface area contributed by atoms with Crippen LogP contribution in [0.5, 0.6) is 0 Å². The molecule has 0 aliphatic rings. The van der Waals surface area contributed by atoms with E-state index in [2.05, 4.69) is 0 Å². The normalized spacial score (nSPS) is 13.8. The minimum Gasteiger partial charge on any atom is -0.465 e. The summed E-state index contributed by atoms with van der Waals surface area (Å²) in [5.74, 6) is 0.0469. The molecule has 102 valence electrons. The number of thioether (sulfide) groups is 1. The maximum atomic E-state index is 11.9. The summed E-state index contributed by atoms with van der Waals surface area (Å²) in [5.41, 5.74) is 0. The Morgan fingerprint density at radius 3 is 2.35 bits per heavy atom. The van der Waals surface area contributed by atoms with Crippen LogP contribution in [0.1, 0.15) is 33.6 Å². The summed E-state index contributed by atoms with van der Waals surface area (Å²) in [4.78, 5) is 11.5. The molecule has 2 nitrogen and oxygen atoms in total. The second-order valence-corrected chi connectivity index (χ2v) is 5.26. The highest BCUT2D eigenvalue weighted by atomic mass is 32.2. The number of carbonyl (C=O) groups is 1. The van der Waals surface area contributed by atoms with E-state index < -0.39 is 12.6 Å². The molecule has 0 aromatic heterocycles. The first-order chi connectivity index (χ1) is 7.78. The Morgan fingerprint density at radius 2 is 1.94 bits per heavy atom. The lowest BCUT2D eigenvalue weighted by Gasteiger charge is -2.18. The number of rotatable bonds is 7. The Labute approximate surface area is 104 Å². The van der Waals surface area contributed by atoms with Gasteiger partial charge >= 0.3 is 12.1 Å². The smallest absolute Gasteiger partial charge is 0.389 e. The molecule has 1 unspecified atom stereocenters. The molecule has 0 saturated heterocycles. The topological polar surface area (TPSA) is 26.3 Å². The third-order valence-corrected chi connectivity index (χ3v) is 3.65. The number of alkyl halides is 3. The van der Waals surface area contributed by atoms with Gasteiger partial charge in [-0.05, 0) is 25.0 Å². The van der Waals surface area contributed by atoms with Gasteiger partial charge in [0.25, 0.3) is 0 Å². The number of halogens is 3. The van der Waals surface area contributed by atoms with E-state index in [4.69, 9.17) is 4.74 Å². The molecule has 6 heteroatoms. The maximum Gasteiger partial charge on any atom is 0.389 e. The van der Waals surface area contributed by atoms with Gasteiger partial charge in [-0.3, -0.25) is 4.79 Å². The highest BCUT2D eigenvalue weighted by Crippen LogP contribution is 2.26. The van der Waals surface area contributed by atoms with E-state index in [-0.39, 0.29) is 23.6 Å². The van der Waals surface area contributed by atoms with Gasteiger partial charge in [-0.1, -0.05) is 13.8 Å². The van der Waals surface area contributed by atoms with Crippen molar-refractivity contribution >= 4 is 17.7 Å². The zero-order valence-corrected chi connectivity index (χ0v) is 11.2. The SMILES string of the molecule is CCOC(=O)C(SCCCC(F)(F)F)C(C)C. The van der Waals surface area contributed by atoms with Crippen LogP contribution in [-0.2, 0) is 9.53 Å². The van der Waals surface area contributed by atoms with Crippen molar-refractivity contribution in [1.82, 2.24) is 0 Å². The van der Waals surface area contributed by atoms with Gasteiger partial charge in [0.15, 0.2) is 0 Å². The van der Waals surface area contributed by atoms with Crippen LogP contribution in [0.3, 0.4) is 0 Å². The Hall–Kier alpha value is -0.390. The van der Waals surface area contributed by atoms with Crippen LogP contribution in [0.2, 0.25) is 0 Å². The Kier molecular flexibility index (Phi) is 7.66. The van der Waals surface area contributed by atoms with E-state index in [1.807, 2.05) is 13.8 Å². The molecule has 0 radical (unpaired) electrons. The molecule has 1 atom stereocenters. The molecular formula is C11H19F3O2S. The fourth-order valence-corrected chi connectivity index (χ4v) is 2.39. The maximum absolute atomic E-state index is 11.9. The molecule has 0 bridgehead atoms. The first kappa shape index (κ1) is 16.6. The third-order valence-electron chi connectivity index (χ3n) is 2.03. The van der Waals surface area contributed by atoms with E-state index in [9.17, 15) is 18.0 Å². The first-order valence-electron chi connectivity index (χ1n) is 5.63. The monoisotopic (exact) mass is 272 g/mol. The zero-order valence-electron chi connectivity index (χ0n) is 10.3. The lowest BCUT2D eigenvalue weighted by molar-refractivity contribution is -0.143. The zero-order chi connectivity index (χ0) is 13.5. The van der Waals surface area contributed by atoms with Crippen molar-refractivity contribution in [2.75, 3.05) is 12.4 Å². The van der Waals surface area contributed by atoms with Crippen molar-refractivity contribution in [2.24, 2.45) is 5.92 Å². The Morgan fingerprint density at radius 1 is 1.35 bits per heavy atom. The predicted molar refractivity (Wildman–Crippen MR) is 63.0 cm³/mol. The fourth-order valence-electron chi connectivity index (χ4n) is 1.24. The highest BCUT2D eigenvalue weighted by Gasteiger charge is 2.28. The summed E-state index contributed by atoms with van der Waals surface area (Å²) in [6, 6.07) is 0. The molecule has 17 heavy (non-hydrogen) atoms.